The van der Waals surface area contributed by atoms with Crippen LogP contribution in [0.3, 0.4) is 0 Å². The molecule has 0 amide bonds. The number of nitrogens with two attached hydrogens (primary N) is 1. The predicted molar refractivity (Wildman–Crippen MR) is 62.5 cm³/mol. The normalized spacial score (nSPS) is 10.7. The molecule has 2 aromatic rings. The summed E-state index contributed by atoms with van der Waals surface area (Å²) in [5, 5.41) is 5.33. The minimum absolute atomic E-state index is 0.765. The summed E-state index contributed by atoms with van der Waals surface area (Å²) in [4.78, 5) is 5.41. The summed E-state index contributed by atoms with van der Waals surface area (Å²) in [5.41, 5.74) is 6.65. The standard InChI is InChI=1S/C10H14N4S/c1-14-4-3-13-10(14)7-12-6-9-8(11)2-5-15-9/h2-5,12H,6-7,11H2,1H3. The van der Waals surface area contributed by atoms with Crippen LogP contribution in [0.15, 0.2) is 23.8 Å². The van der Waals surface area contributed by atoms with Gasteiger partial charge in [0.1, 0.15) is 5.82 Å². The topological polar surface area (TPSA) is 55.9 Å². The van der Waals surface area contributed by atoms with Gasteiger partial charge < -0.3 is 15.6 Å². The molecule has 0 unspecified atom stereocenters. The number of aromatic nitrogens is 2. The zero-order chi connectivity index (χ0) is 10.7. The molecule has 0 saturated heterocycles. The molecule has 15 heavy (non-hydrogen) atoms. The SMILES string of the molecule is Cn1ccnc1CNCc1sccc1N. The number of rotatable bonds is 4. The van der Waals surface area contributed by atoms with Gasteiger partial charge in [-0.1, -0.05) is 0 Å². The van der Waals surface area contributed by atoms with Gasteiger partial charge in [-0.25, -0.2) is 4.98 Å². The third-order valence-corrected chi connectivity index (χ3v) is 3.21. The predicted octanol–water partition coefficient (Wildman–Crippen LogP) is 1.35. The van der Waals surface area contributed by atoms with Gasteiger partial charge in [0.05, 0.1) is 6.54 Å². The molecular formula is C10H14N4S. The quantitative estimate of drug-likeness (QED) is 0.821. The van der Waals surface area contributed by atoms with Gasteiger partial charge in [0.15, 0.2) is 0 Å². The number of nitrogens with zero attached hydrogens (tertiary/aromatic N) is 2. The van der Waals surface area contributed by atoms with E-state index in [1.54, 1.807) is 17.5 Å². The number of nitrogen functional groups attached to an aromatic ring is 1. The summed E-state index contributed by atoms with van der Waals surface area (Å²) in [5.74, 6) is 1.03. The molecule has 0 aromatic carbocycles. The van der Waals surface area contributed by atoms with E-state index in [9.17, 15) is 0 Å². The number of imidazole rings is 1. The second-order valence-corrected chi connectivity index (χ2v) is 4.36. The Morgan fingerprint density at radius 1 is 1.53 bits per heavy atom. The summed E-state index contributed by atoms with van der Waals surface area (Å²) in [6, 6.07) is 1.93. The third kappa shape index (κ3) is 2.37. The van der Waals surface area contributed by atoms with E-state index >= 15 is 0 Å². The maximum absolute atomic E-state index is 5.78. The van der Waals surface area contributed by atoms with Crippen molar-refractivity contribution in [2.24, 2.45) is 7.05 Å². The van der Waals surface area contributed by atoms with E-state index < -0.39 is 0 Å². The fourth-order valence-corrected chi connectivity index (χ4v) is 2.12. The summed E-state index contributed by atoms with van der Waals surface area (Å²) < 4.78 is 2.00. The van der Waals surface area contributed by atoms with Crippen LogP contribution >= 0.6 is 11.3 Å². The Hall–Kier alpha value is -1.33. The molecule has 0 atom stereocenters. The van der Waals surface area contributed by atoms with E-state index in [1.165, 1.54) is 4.88 Å². The van der Waals surface area contributed by atoms with Gasteiger partial charge in [0.25, 0.3) is 0 Å². The van der Waals surface area contributed by atoms with Gasteiger partial charge in [0.2, 0.25) is 0 Å². The van der Waals surface area contributed by atoms with Crippen molar-refractivity contribution in [3.8, 4) is 0 Å². The molecule has 0 fully saturated rings. The van der Waals surface area contributed by atoms with Gasteiger partial charge in [-0.2, -0.15) is 0 Å². The number of thiophene rings is 1. The molecule has 4 nitrogen and oxygen atoms in total. The minimum atomic E-state index is 0.765. The van der Waals surface area contributed by atoms with Crippen molar-refractivity contribution in [1.29, 1.82) is 0 Å². The lowest BCUT2D eigenvalue weighted by molar-refractivity contribution is 0.644. The van der Waals surface area contributed by atoms with E-state index in [2.05, 4.69) is 10.3 Å². The molecule has 0 aliphatic carbocycles. The Labute approximate surface area is 92.8 Å². The molecule has 0 aliphatic rings. The van der Waals surface area contributed by atoms with Crippen molar-refractivity contribution in [1.82, 2.24) is 14.9 Å². The van der Waals surface area contributed by atoms with Crippen LogP contribution in [-0.2, 0) is 20.1 Å². The lowest BCUT2D eigenvalue weighted by Gasteiger charge is -2.04. The maximum Gasteiger partial charge on any atom is 0.122 e. The molecule has 0 radical (unpaired) electrons. The second-order valence-electron chi connectivity index (χ2n) is 3.36. The third-order valence-electron chi connectivity index (χ3n) is 2.27. The molecule has 0 spiro atoms. The first-order chi connectivity index (χ1) is 7.27. The fraction of sp³-hybridized carbons (Fsp3) is 0.300. The number of hydrogen-bond acceptors (Lipinski definition) is 4. The summed E-state index contributed by atoms with van der Waals surface area (Å²) in [6.45, 7) is 1.57. The van der Waals surface area contributed by atoms with Crippen LogP contribution < -0.4 is 11.1 Å². The largest absolute Gasteiger partial charge is 0.398 e. The molecular weight excluding hydrogens is 208 g/mol. The highest BCUT2D eigenvalue weighted by Crippen LogP contribution is 2.18. The highest BCUT2D eigenvalue weighted by molar-refractivity contribution is 7.10. The average Bonchev–Trinajstić information content (AvgIpc) is 2.78. The molecule has 2 heterocycles. The zero-order valence-electron chi connectivity index (χ0n) is 8.60. The van der Waals surface area contributed by atoms with Crippen molar-refractivity contribution in [2.45, 2.75) is 13.1 Å². The van der Waals surface area contributed by atoms with Gasteiger partial charge in [-0.15, -0.1) is 11.3 Å². The molecule has 5 heteroatoms. The first kappa shape index (κ1) is 10.2. The van der Waals surface area contributed by atoms with Crippen LogP contribution in [0.4, 0.5) is 5.69 Å². The lowest BCUT2D eigenvalue weighted by atomic mass is 10.4. The fourth-order valence-electron chi connectivity index (χ4n) is 1.35. The Balaban J connectivity index is 1.86. The molecule has 0 aliphatic heterocycles. The number of nitrogens with one attached hydrogen (secondary N) is 1. The molecule has 2 rings (SSSR count). The molecule has 3 N–H and O–H groups in total. The Morgan fingerprint density at radius 2 is 2.40 bits per heavy atom. The molecule has 0 saturated carbocycles. The molecule has 80 valence electrons. The van der Waals surface area contributed by atoms with Crippen molar-refractivity contribution in [2.75, 3.05) is 5.73 Å². The Kier molecular flexibility index (Phi) is 3.03. The molecule has 2 aromatic heterocycles. The van der Waals surface area contributed by atoms with Crippen LogP contribution in [-0.4, -0.2) is 9.55 Å². The van der Waals surface area contributed by atoms with Crippen LogP contribution in [0.2, 0.25) is 0 Å². The number of hydrogen-bond donors (Lipinski definition) is 2. The Bertz CT molecular complexity index is 392. The average molecular weight is 222 g/mol. The van der Waals surface area contributed by atoms with Crippen molar-refractivity contribution in [3.05, 3.63) is 34.5 Å². The van der Waals surface area contributed by atoms with Gasteiger partial charge >= 0.3 is 0 Å². The van der Waals surface area contributed by atoms with E-state index in [-0.39, 0.29) is 0 Å². The van der Waals surface area contributed by atoms with Gasteiger partial charge in [-0.3, -0.25) is 0 Å². The van der Waals surface area contributed by atoms with Crippen molar-refractivity contribution >= 4 is 17.0 Å². The van der Waals surface area contributed by atoms with Crippen LogP contribution in [0.1, 0.15) is 10.7 Å². The first-order valence-corrected chi connectivity index (χ1v) is 5.64. The lowest BCUT2D eigenvalue weighted by Crippen LogP contribution is -2.15. The zero-order valence-corrected chi connectivity index (χ0v) is 9.42. The highest BCUT2D eigenvalue weighted by Gasteiger charge is 2.01. The van der Waals surface area contributed by atoms with Crippen LogP contribution in [0.5, 0.6) is 0 Å². The Morgan fingerprint density at radius 3 is 3.00 bits per heavy atom. The second kappa shape index (κ2) is 4.46. The summed E-state index contributed by atoms with van der Waals surface area (Å²) >= 11 is 1.68. The minimum Gasteiger partial charge on any atom is -0.398 e. The number of aryl methyl sites for hydroxylation is 1. The summed E-state index contributed by atoms with van der Waals surface area (Å²) in [6.07, 6.45) is 3.74. The maximum atomic E-state index is 5.78. The van der Waals surface area contributed by atoms with Crippen LogP contribution in [0, 0.1) is 0 Å². The van der Waals surface area contributed by atoms with E-state index in [0.717, 1.165) is 24.6 Å². The monoisotopic (exact) mass is 222 g/mol. The number of anilines is 1. The highest BCUT2D eigenvalue weighted by atomic mass is 32.1. The van der Waals surface area contributed by atoms with Crippen molar-refractivity contribution in [3.63, 3.8) is 0 Å². The van der Waals surface area contributed by atoms with E-state index in [4.69, 9.17) is 5.73 Å². The smallest absolute Gasteiger partial charge is 0.122 e. The first-order valence-electron chi connectivity index (χ1n) is 4.76. The molecule has 0 bridgehead atoms. The van der Waals surface area contributed by atoms with E-state index in [1.807, 2.05) is 29.3 Å². The van der Waals surface area contributed by atoms with E-state index in [0.29, 0.717) is 0 Å². The summed E-state index contributed by atoms with van der Waals surface area (Å²) in [7, 11) is 1.99. The van der Waals surface area contributed by atoms with Gasteiger partial charge in [0, 0.05) is 36.6 Å². The van der Waals surface area contributed by atoms with Crippen molar-refractivity contribution < 1.29 is 0 Å². The van der Waals surface area contributed by atoms with Gasteiger partial charge in [-0.05, 0) is 11.4 Å². The van der Waals surface area contributed by atoms with Crippen LogP contribution in [0.25, 0.3) is 0 Å².